The van der Waals surface area contributed by atoms with Gasteiger partial charge in [0.15, 0.2) is 0 Å². The van der Waals surface area contributed by atoms with Crippen molar-refractivity contribution in [3.8, 4) is 5.75 Å². The van der Waals surface area contributed by atoms with Gasteiger partial charge in [0.25, 0.3) is 0 Å². The predicted octanol–water partition coefficient (Wildman–Crippen LogP) is 4.03. The summed E-state index contributed by atoms with van der Waals surface area (Å²) in [6.07, 6.45) is 2.55. The highest BCUT2D eigenvalue weighted by Gasteiger charge is 2.08. The van der Waals surface area contributed by atoms with E-state index in [0.29, 0.717) is 11.7 Å². The lowest BCUT2D eigenvalue weighted by molar-refractivity contribution is 0.465. The normalized spacial score (nSPS) is 12.7. The molecule has 1 aromatic rings. The molecule has 0 aliphatic carbocycles. The summed E-state index contributed by atoms with van der Waals surface area (Å²) in [6, 6.07) is 7.64. The van der Waals surface area contributed by atoms with E-state index >= 15 is 0 Å². The summed E-state index contributed by atoms with van der Waals surface area (Å²) in [5, 5.41) is 9.67. The van der Waals surface area contributed by atoms with Crippen molar-refractivity contribution in [3.63, 3.8) is 0 Å². The van der Waals surface area contributed by atoms with Crippen molar-refractivity contribution in [3.05, 3.63) is 29.8 Å². The van der Waals surface area contributed by atoms with Gasteiger partial charge in [0.1, 0.15) is 5.75 Å². The molecular weight excluding hydrogens is 204 g/mol. The summed E-state index contributed by atoms with van der Waals surface area (Å²) < 4.78 is 0. The van der Waals surface area contributed by atoms with E-state index in [1.165, 1.54) is 18.6 Å². The van der Waals surface area contributed by atoms with Gasteiger partial charge in [-0.1, -0.05) is 38.5 Å². The number of thioether (sulfide) groups is 1. The first-order valence-electron chi connectivity index (χ1n) is 5.61. The third-order valence-electron chi connectivity index (χ3n) is 2.48. The first-order chi connectivity index (χ1) is 7.25. The Morgan fingerprint density at radius 2 is 2.07 bits per heavy atom. The molecule has 0 radical (unpaired) electrons. The average molecular weight is 224 g/mol. The quantitative estimate of drug-likeness (QED) is 0.736. The minimum absolute atomic E-state index is 0.432. The predicted molar refractivity (Wildman–Crippen MR) is 68.8 cm³/mol. The van der Waals surface area contributed by atoms with E-state index in [1.807, 2.05) is 30.0 Å². The fourth-order valence-corrected chi connectivity index (χ4v) is 2.69. The molecule has 1 N–H and O–H groups in total. The van der Waals surface area contributed by atoms with Crippen LogP contribution in [0.4, 0.5) is 0 Å². The smallest absolute Gasteiger partial charge is 0.119 e. The highest BCUT2D eigenvalue weighted by Crippen LogP contribution is 2.27. The van der Waals surface area contributed by atoms with Crippen molar-refractivity contribution in [1.82, 2.24) is 0 Å². The number of hydrogen-bond acceptors (Lipinski definition) is 2. The van der Waals surface area contributed by atoms with Gasteiger partial charge < -0.3 is 5.11 Å². The van der Waals surface area contributed by atoms with Crippen LogP contribution in [0.1, 0.15) is 38.2 Å². The third kappa shape index (κ3) is 4.17. The molecule has 2 heteroatoms. The summed E-state index contributed by atoms with van der Waals surface area (Å²) in [6.45, 7) is 4.39. The average Bonchev–Trinajstić information content (AvgIpc) is 2.25. The lowest BCUT2D eigenvalue weighted by Crippen LogP contribution is -1.98. The van der Waals surface area contributed by atoms with Gasteiger partial charge in [-0.15, -0.1) is 0 Å². The van der Waals surface area contributed by atoms with Crippen molar-refractivity contribution in [2.75, 3.05) is 11.5 Å². The second-order valence-electron chi connectivity index (χ2n) is 3.89. The Morgan fingerprint density at radius 1 is 1.33 bits per heavy atom. The van der Waals surface area contributed by atoms with Crippen LogP contribution in [0.5, 0.6) is 5.75 Å². The molecule has 15 heavy (non-hydrogen) atoms. The van der Waals surface area contributed by atoms with Crippen LogP contribution in [0.2, 0.25) is 0 Å². The largest absolute Gasteiger partial charge is 0.508 e. The maximum Gasteiger partial charge on any atom is 0.119 e. The third-order valence-corrected chi connectivity index (χ3v) is 3.79. The molecule has 1 atom stereocenters. The summed E-state index contributed by atoms with van der Waals surface area (Å²) in [5.41, 5.74) is 1.07. The van der Waals surface area contributed by atoms with Crippen LogP contribution in [0, 0.1) is 0 Å². The zero-order valence-corrected chi connectivity index (χ0v) is 10.4. The molecule has 0 saturated carbocycles. The molecule has 0 bridgehead atoms. The van der Waals surface area contributed by atoms with Crippen LogP contribution in [-0.2, 0) is 0 Å². The lowest BCUT2D eigenvalue weighted by atomic mass is 10.0. The molecule has 0 aliphatic heterocycles. The number of benzene rings is 1. The standard InChI is InChI=1S/C13H20OS/c1-3-4-9-15-10-11(2)12-7-5-6-8-13(12)14/h5-8,11,14H,3-4,9-10H2,1-2H3. The number of phenolic OH excluding ortho intramolecular Hbond substituents is 1. The Balaban J connectivity index is 2.40. The van der Waals surface area contributed by atoms with Gasteiger partial charge in [-0.05, 0) is 29.7 Å². The summed E-state index contributed by atoms with van der Waals surface area (Å²) in [7, 11) is 0. The van der Waals surface area contributed by atoms with Crippen LogP contribution >= 0.6 is 11.8 Å². The Labute approximate surface area is 96.9 Å². The molecule has 0 amide bonds. The summed E-state index contributed by atoms with van der Waals surface area (Å²) in [4.78, 5) is 0. The Morgan fingerprint density at radius 3 is 2.73 bits per heavy atom. The molecular formula is C13H20OS. The van der Waals surface area contributed by atoms with Crippen LogP contribution in [0.25, 0.3) is 0 Å². The molecule has 0 heterocycles. The lowest BCUT2D eigenvalue weighted by Gasteiger charge is -2.12. The minimum atomic E-state index is 0.432. The Bertz CT molecular complexity index is 286. The number of para-hydroxylation sites is 1. The van der Waals surface area contributed by atoms with E-state index in [-0.39, 0.29) is 0 Å². The molecule has 1 nitrogen and oxygen atoms in total. The maximum absolute atomic E-state index is 9.67. The van der Waals surface area contributed by atoms with Crippen LogP contribution < -0.4 is 0 Å². The van der Waals surface area contributed by atoms with Gasteiger partial charge >= 0.3 is 0 Å². The molecule has 1 aromatic carbocycles. The molecule has 1 unspecified atom stereocenters. The number of rotatable bonds is 6. The fraction of sp³-hybridized carbons (Fsp3) is 0.538. The first kappa shape index (κ1) is 12.4. The highest BCUT2D eigenvalue weighted by molar-refractivity contribution is 7.99. The number of hydrogen-bond donors (Lipinski definition) is 1. The van der Waals surface area contributed by atoms with Gasteiger partial charge in [0, 0.05) is 5.75 Å². The Hall–Kier alpha value is -0.630. The molecule has 84 valence electrons. The first-order valence-corrected chi connectivity index (χ1v) is 6.76. The van der Waals surface area contributed by atoms with Crippen molar-refractivity contribution in [1.29, 1.82) is 0 Å². The number of phenols is 1. The fourth-order valence-electron chi connectivity index (χ4n) is 1.50. The zero-order chi connectivity index (χ0) is 11.1. The second-order valence-corrected chi connectivity index (χ2v) is 5.04. The summed E-state index contributed by atoms with van der Waals surface area (Å²) in [5.74, 6) is 3.19. The molecule has 0 aliphatic rings. The SMILES string of the molecule is CCCCSCC(C)c1ccccc1O. The van der Waals surface area contributed by atoms with Crippen molar-refractivity contribution in [2.24, 2.45) is 0 Å². The number of unbranched alkanes of at least 4 members (excludes halogenated alkanes) is 1. The summed E-state index contributed by atoms with van der Waals surface area (Å²) >= 11 is 1.98. The molecule has 1 rings (SSSR count). The molecule has 0 spiro atoms. The van der Waals surface area contributed by atoms with Gasteiger partial charge in [-0.25, -0.2) is 0 Å². The second kappa shape index (κ2) is 6.78. The van der Waals surface area contributed by atoms with Gasteiger partial charge in [0.05, 0.1) is 0 Å². The number of aromatic hydroxyl groups is 1. The maximum atomic E-state index is 9.67. The molecule has 0 saturated heterocycles. The van der Waals surface area contributed by atoms with Gasteiger partial charge in [-0.3, -0.25) is 0 Å². The highest BCUT2D eigenvalue weighted by atomic mass is 32.2. The Kier molecular flexibility index (Phi) is 5.62. The zero-order valence-electron chi connectivity index (χ0n) is 9.57. The molecule has 0 aromatic heterocycles. The van der Waals surface area contributed by atoms with E-state index in [1.54, 1.807) is 6.07 Å². The monoisotopic (exact) mass is 224 g/mol. The van der Waals surface area contributed by atoms with E-state index in [0.717, 1.165) is 11.3 Å². The molecule has 0 fully saturated rings. The van der Waals surface area contributed by atoms with Crippen molar-refractivity contribution >= 4 is 11.8 Å². The van der Waals surface area contributed by atoms with E-state index in [2.05, 4.69) is 13.8 Å². The van der Waals surface area contributed by atoms with E-state index in [9.17, 15) is 5.11 Å². The van der Waals surface area contributed by atoms with Crippen LogP contribution in [0.15, 0.2) is 24.3 Å². The van der Waals surface area contributed by atoms with Gasteiger partial charge in [0.2, 0.25) is 0 Å². The topological polar surface area (TPSA) is 20.2 Å². The van der Waals surface area contributed by atoms with Crippen LogP contribution in [0.3, 0.4) is 0 Å². The van der Waals surface area contributed by atoms with E-state index < -0.39 is 0 Å². The van der Waals surface area contributed by atoms with Crippen LogP contribution in [-0.4, -0.2) is 16.6 Å². The minimum Gasteiger partial charge on any atom is -0.508 e. The van der Waals surface area contributed by atoms with Crippen molar-refractivity contribution in [2.45, 2.75) is 32.6 Å². The van der Waals surface area contributed by atoms with Crippen molar-refractivity contribution < 1.29 is 5.11 Å². The van der Waals surface area contributed by atoms with E-state index in [4.69, 9.17) is 0 Å². The van der Waals surface area contributed by atoms with Gasteiger partial charge in [-0.2, -0.15) is 11.8 Å².